The summed E-state index contributed by atoms with van der Waals surface area (Å²) < 4.78 is 0. The molecule has 0 bridgehead atoms. The lowest BCUT2D eigenvalue weighted by molar-refractivity contribution is 0.487. The summed E-state index contributed by atoms with van der Waals surface area (Å²) in [7, 11) is 0. The molecule has 1 atom stereocenters. The van der Waals surface area contributed by atoms with Crippen molar-refractivity contribution in [3.63, 3.8) is 0 Å². The normalized spacial score (nSPS) is 12.8. The zero-order valence-electron chi connectivity index (χ0n) is 8.97. The molecule has 0 fully saturated rings. The molecule has 0 heterocycles. The maximum absolute atomic E-state index is 6.12. The Bertz CT molecular complexity index is 312. The van der Waals surface area contributed by atoms with Gasteiger partial charge >= 0.3 is 0 Å². The smallest absolute Gasteiger partial charge is 0.0624 e. The van der Waals surface area contributed by atoms with Gasteiger partial charge in [0, 0.05) is 0 Å². The highest BCUT2D eigenvalue weighted by Crippen LogP contribution is 2.27. The van der Waals surface area contributed by atoms with Crippen LogP contribution in [-0.2, 0) is 6.42 Å². The second kappa shape index (κ2) is 6.37. The lowest BCUT2D eigenvalue weighted by Crippen LogP contribution is -2.16. The van der Waals surface area contributed by atoms with Crippen LogP contribution in [0, 0.1) is 5.92 Å². The third-order valence-electron chi connectivity index (χ3n) is 2.57. The summed E-state index contributed by atoms with van der Waals surface area (Å²) >= 11 is 12.1. The quantitative estimate of drug-likeness (QED) is 0.837. The Morgan fingerprint density at radius 3 is 2.67 bits per heavy atom. The van der Waals surface area contributed by atoms with E-state index in [1.165, 1.54) is 0 Å². The first-order valence-corrected chi connectivity index (χ1v) is 6.07. The molecular formula is C12H17Cl2N. The number of halogens is 2. The average Bonchev–Trinajstić information content (AvgIpc) is 2.24. The maximum atomic E-state index is 6.12. The van der Waals surface area contributed by atoms with Crippen molar-refractivity contribution in [3.05, 3.63) is 33.8 Å². The summed E-state index contributed by atoms with van der Waals surface area (Å²) in [6.07, 6.45) is 3.21. The molecule has 1 nitrogen and oxygen atoms in total. The first-order chi connectivity index (χ1) is 7.19. The molecule has 1 unspecified atom stereocenters. The van der Waals surface area contributed by atoms with Gasteiger partial charge in [-0.3, -0.25) is 0 Å². The van der Waals surface area contributed by atoms with Crippen molar-refractivity contribution in [2.24, 2.45) is 11.7 Å². The summed E-state index contributed by atoms with van der Waals surface area (Å²) in [5, 5.41) is 1.30. The van der Waals surface area contributed by atoms with Crippen LogP contribution in [0.1, 0.15) is 25.3 Å². The summed E-state index contributed by atoms with van der Waals surface area (Å²) in [5.41, 5.74) is 6.82. The Labute approximate surface area is 102 Å². The Hall–Kier alpha value is -0.240. The second-order valence-electron chi connectivity index (χ2n) is 3.81. The van der Waals surface area contributed by atoms with Crippen LogP contribution in [0.4, 0.5) is 0 Å². The van der Waals surface area contributed by atoms with Crippen molar-refractivity contribution in [3.8, 4) is 0 Å². The minimum absolute atomic E-state index is 0.506. The molecule has 2 N–H and O–H groups in total. The number of hydrogen-bond acceptors (Lipinski definition) is 1. The van der Waals surface area contributed by atoms with Crippen LogP contribution in [0.15, 0.2) is 18.2 Å². The van der Waals surface area contributed by atoms with E-state index in [1.54, 1.807) is 0 Å². The summed E-state index contributed by atoms with van der Waals surface area (Å²) in [6.45, 7) is 2.87. The molecule has 0 aromatic heterocycles. The van der Waals surface area contributed by atoms with Gasteiger partial charge in [0.2, 0.25) is 0 Å². The van der Waals surface area contributed by atoms with E-state index in [1.807, 2.05) is 18.2 Å². The van der Waals surface area contributed by atoms with Gasteiger partial charge in [-0.1, -0.05) is 48.7 Å². The van der Waals surface area contributed by atoms with Gasteiger partial charge in [0.1, 0.15) is 0 Å². The van der Waals surface area contributed by atoms with E-state index in [4.69, 9.17) is 28.9 Å². The van der Waals surface area contributed by atoms with E-state index >= 15 is 0 Å². The first kappa shape index (κ1) is 12.8. The molecular weight excluding hydrogens is 229 g/mol. The molecule has 0 aliphatic carbocycles. The molecule has 0 saturated carbocycles. The Balaban J connectivity index is 2.74. The number of rotatable bonds is 5. The molecule has 0 aliphatic heterocycles. The fourth-order valence-corrected chi connectivity index (χ4v) is 2.13. The molecule has 1 aromatic carbocycles. The predicted molar refractivity (Wildman–Crippen MR) is 67.6 cm³/mol. The van der Waals surface area contributed by atoms with Crippen molar-refractivity contribution < 1.29 is 0 Å². The van der Waals surface area contributed by atoms with E-state index < -0.39 is 0 Å². The van der Waals surface area contributed by atoms with Crippen LogP contribution in [-0.4, -0.2) is 6.54 Å². The van der Waals surface area contributed by atoms with Crippen LogP contribution in [0.25, 0.3) is 0 Å². The average molecular weight is 246 g/mol. The zero-order valence-corrected chi connectivity index (χ0v) is 10.5. The van der Waals surface area contributed by atoms with Gasteiger partial charge in [0.25, 0.3) is 0 Å². The zero-order chi connectivity index (χ0) is 11.3. The third-order valence-corrected chi connectivity index (χ3v) is 3.43. The van der Waals surface area contributed by atoms with Crippen LogP contribution < -0.4 is 5.73 Å². The van der Waals surface area contributed by atoms with Crippen LogP contribution in [0.2, 0.25) is 10.0 Å². The van der Waals surface area contributed by atoms with Gasteiger partial charge in [-0.15, -0.1) is 0 Å². The molecule has 1 rings (SSSR count). The fraction of sp³-hybridized carbons (Fsp3) is 0.500. The molecule has 3 heteroatoms. The molecule has 84 valence electrons. The van der Waals surface area contributed by atoms with Gasteiger partial charge in [0.05, 0.1) is 10.0 Å². The molecule has 0 saturated heterocycles. The summed E-state index contributed by atoms with van der Waals surface area (Å²) in [5.74, 6) is 0.506. The molecule has 0 amide bonds. The summed E-state index contributed by atoms with van der Waals surface area (Å²) in [4.78, 5) is 0. The van der Waals surface area contributed by atoms with Crippen molar-refractivity contribution in [2.75, 3.05) is 6.54 Å². The van der Waals surface area contributed by atoms with Crippen LogP contribution >= 0.6 is 23.2 Å². The van der Waals surface area contributed by atoms with Gasteiger partial charge in [-0.2, -0.15) is 0 Å². The second-order valence-corrected chi connectivity index (χ2v) is 4.59. The van der Waals surface area contributed by atoms with Gasteiger partial charge in [-0.25, -0.2) is 0 Å². The SMILES string of the molecule is CCCC(CN)Cc1cccc(Cl)c1Cl. The number of hydrogen-bond donors (Lipinski definition) is 1. The topological polar surface area (TPSA) is 26.0 Å². The lowest BCUT2D eigenvalue weighted by Gasteiger charge is -2.14. The Kier molecular flexibility index (Phi) is 5.44. The van der Waals surface area contributed by atoms with E-state index in [2.05, 4.69) is 6.92 Å². The standard InChI is InChI=1S/C12H17Cl2N/c1-2-4-9(8-15)7-10-5-3-6-11(13)12(10)14/h3,5-6,9H,2,4,7-8,15H2,1H3. The van der Waals surface area contributed by atoms with Crippen LogP contribution in [0.5, 0.6) is 0 Å². The highest BCUT2D eigenvalue weighted by Gasteiger charge is 2.10. The minimum atomic E-state index is 0.506. The summed E-state index contributed by atoms with van der Waals surface area (Å²) in [6, 6.07) is 5.76. The molecule has 0 spiro atoms. The fourth-order valence-electron chi connectivity index (χ4n) is 1.73. The number of benzene rings is 1. The number of nitrogens with two attached hydrogens (primary N) is 1. The van der Waals surface area contributed by atoms with Crippen molar-refractivity contribution in [2.45, 2.75) is 26.2 Å². The van der Waals surface area contributed by atoms with E-state index in [0.717, 1.165) is 24.8 Å². The van der Waals surface area contributed by atoms with Gasteiger partial charge in [-0.05, 0) is 36.9 Å². The third kappa shape index (κ3) is 3.67. The van der Waals surface area contributed by atoms with Gasteiger partial charge in [0.15, 0.2) is 0 Å². The van der Waals surface area contributed by atoms with E-state index in [0.29, 0.717) is 22.5 Å². The van der Waals surface area contributed by atoms with E-state index in [9.17, 15) is 0 Å². The van der Waals surface area contributed by atoms with E-state index in [-0.39, 0.29) is 0 Å². The highest BCUT2D eigenvalue weighted by atomic mass is 35.5. The molecule has 0 aliphatic rings. The molecule has 0 radical (unpaired) electrons. The largest absolute Gasteiger partial charge is 0.330 e. The highest BCUT2D eigenvalue weighted by molar-refractivity contribution is 6.42. The first-order valence-electron chi connectivity index (χ1n) is 5.32. The van der Waals surface area contributed by atoms with Crippen molar-refractivity contribution in [1.82, 2.24) is 0 Å². The maximum Gasteiger partial charge on any atom is 0.0624 e. The minimum Gasteiger partial charge on any atom is -0.330 e. The monoisotopic (exact) mass is 245 g/mol. The molecule has 1 aromatic rings. The molecule has 15 heavy (non-hydrogen) atoms. The van der Waals surface area contributed by atoms with Gasteiger partial charge < -0.3 is 5.73 Å². The van der Waals surface area contributed by atoms with Crippen molar-refractivity contribution in [1.29, 1.82) is 0 Å². The van der Waals surface area contributed by atoms with Crippen molar-refractivity contribution >= 4 is 23.2 Å². The van der Waals surface area contributed by atoms with Crippen LogP contribution in [0.3, 0.4) is 0 Å². The Morgan fingerprint density at radius 2 is 2.07 bits per heavy atom. The lowest BCUT2D eigenvalue weighted by atomic mass is 9.95. The predicted octanol–water partition coefficient (Wildman–Crippen LogP) is 3.91. The Morgan fingerprint density at radius 1 is 1.33 bits per heavy atom.